The first kappa shape index (κ1) is 18.6. The zero-order valence-electron chi connectivity index (χ0n) is 16.3. The van der Waals surface area contributed by atoms with Crippen molar-refractivity contribution in [1.82, 2.24) is 29.9 Å². The van der Waals surface area contributed by atoms with Crippen molar-refractivity contribution in [2.45, 2.75) is 40.3 Å². The first-order valence-electron chi connectivity index (χ1n) is 8.97. The Morgan fingerprint density at radius 1 is 1.22 bits per heavy atom. The molecule has 0 bridgehead atoms. The molecule has 1 atom stereocenters. The van der Waals surface area contributed by atoms with Gasteiger partial charge in [0, 0.05) is 37.1 Å². The van der Waals surface area contributed by atoms with Crippen LogP contribution in [0.3, 0.4) is 0 Å². The average Bonchev–Trinajstić information content (AvgIpc) is 3.14. The number of anilines is 1. The van der Waals surface area contributed by atoms with Crippen LogP contribution in [0.2, 0.25) is 0 Å². The summed E-state index contributed by atoms with van der Waals surface area (Å²) in [6, 6.07) is 6.99. The van der Waals surface area contributed by atoms with Gasteiger partial charge in [-0.1, -0.05) is 6.07 Å². The highest BCUT2D eigenvalue weighted by atomic mass is 16.2. The van der Waals surface area contributed by atoms with Crippen molar-refractivity contribution in [3.63, 3.8) is 0 Å². The first-order chi connectivity index (χ1) is 12.9. The van der Waals surface area contributed by atoms with Gasteiger partial charge in [0.1, 0.15) is 11.5 Å². The van der Waals surface area contributed by atoms with E-state index in [2.05, 4.69) is 32.7 Å². The summed E-state index contributed by atoms with van der Waals surface area (Å²) in [5.74, 6) is 0.595. The van der Waals surface area contributed by atoms with Gasteiger partial charge in [0.15, 0.2) is 0 Å². The maximum atomic E-state index is 12.5. The number of pyridine rings is 1. The van der Waals surface area contributed by atoms with Crippen molar-refractivity contribution >= 4 is 11.8 Å². The van der Waals surface area contributed by atoms with Gasteiger partial charge in [0.2, 0.25) is 0 Å². The molecule has 0 aliphatic carbocycles. The van der Waals surface area contributed by atoms with Gasteiger partial charge in [-0.2, -0.15) is 10.2 Å². The second-order valence-corrected chi connectivity index (χ2v) is 6.47. The van der Waals surface area contributed by atoms with Gasteiger partial charge in [-0.05, 0) is 39.8 Å². The summed E-state index contributed by atoms with van der Waals surface area (Å²) in [7, 11) is 1.78. The van der Waals surface area contributed by atoms with Crippen LogP contribution in [0.5, 0.6) is 0 Å². The topological polar surface area (TPSA) is 89.7 Å². The fraction of sp³-hybridized carbons (Fsp3) is 0.368. The molecule has 142 valence electrons. The van der Waals surface area contributed by atoms with E-state index in [4.69, 9.17) is 0 Å². The van der Waals surface area contributed by atoms with Crippen molar-refractivity contribution in [2.24, 2.45) is 7.05 Å². The molecular formula is C19H25N7O. The van der Waals surface area contributed by atoms with Crippen LogP contribution < -0.4 is 10.6 Å². The third kappa shape index (κ3) is 3.84. The zero-order chi connectivity index (χ0) is 19.6. The predicted octanol–water partition coefficient (Wildman–Crippen LogP) is 3.20. The van der Waals surface area contributed by atoms with Gasteiger partial charge in [-0.25, -0.2) is 4.79 Å². The molecule has 3 heterocycles. The highest BCUT2D eigenvalue weighted by Gasteiger charge is 2.19. The molecule has 0 fully saturated rings. The van der Waals surface area contributed by atoms with E-state index in [9.17, 15) is 4.79 Å². The number of hydrogen-bond acceptors (Lipinski definition) is 4. The van der Waals surface area contributed by atoms with Crippen LogP contribution >= 0.6 is 0 Å². The van der Waals surface area contributed by atoms with E-state index in [0.717, 1.165) is 29.2 Å². The molecule has 0 aliphatic rings. The predicted molar refractivity (Wildman–Crippen MR) is 104 cm³/mol. The molecule has 8 heteroatoms. The number of carbonyl (C=O) groups is 1. The number of amides is 2. The monoisotopic (exact) mass is 367 g/mol. The van der Waals surface area contributed by atoms with Gasteiger partial charge < -0.3 is 5.32 Å². The van der Waals surface area contributed by atoms with Crippen LogP contribution in [-0.2, 0) is 13.6 Å². The Labute approximate surface area is 158 Å². The summed E-state index contributed by atoms with van der Waals surface area (Å²) in [6.07, 6.45) is 1.71. The standard InChI is InChI=1S/C19H25N7O/c1-6-26-14(4)18(13(3)23-26)12(2)21-19(27)22-17-11-16(24-25(17)5)15-9-7-8-10-20-15/h7-12H,6H2,1-5H3,(H2,21,22,27)/t12-/m0/s1. The SMILES string of the molecule is CCn1nc(C)c([C@H](C)NC(=O)Nc2cc(-c3ccccn3)nn2C)c1C. The van der Waals surface area contributed by atoms with Gasteiger partial charge in [-0.3, -0.25) is 19.7 Å². The summed E-state index contributed by atoms with van der Waals surface area (Å²) in [4.78, 5) is 16.8. The number of nitrogens with one attached hydrogen (secondary N) is 2. The van der Waals surface area contributed by atoms with Crippen LogP contribution in [-0.4, -0.2) is 30.6 Å². The molecule has 3 aromatic rings. The van der Waals surface area contributed by atoms with Crippen LogP contribution in [0.25, 0.3) is 11.4 Å². The number of rotatable bonds is 5. The Hall–Kier alpha value is -3.16. The molecule has 27 heavy (non-hydrogen) atoms. The molecule has 0 aromatic carbocycles. The quantitative estimate of drug-likeness (QED) is 0.725. The van der Waals surface area contributed by atoms with E-state index in [1.807, 2.05) is 43.7 Å². The van der Waals surface area contributed by atoms with Crippen molar-refractivity contribution in [2.75, 3.05) is 5.32 Å². The summed E-state index contributed by atoms with van der Waals surface area (Å²) in [6.45, 7) is 8.80. The molecule has 8 nitrogen and oxygen atoms in total. The Bertz CT molecular complexity index is 943. The maximum Gasteiger partial charge on any atom is 0.320 e. The van der Waals surface area contributed by atoms with Crippen molar-refractivity contribution in [3.05, 3.63) is 47.4 Å². The van der Waals surface area contributed by atoms with Crippen molar-refractivity contribution in [1.29, 1.82) is 0 Å². The highest BCUT2D eigenvalue weighted by Crippen LogP contribution is 2.22. The summed E-state index contributed by atoms with van der Waals surface area (Å²) in [5, 5.41) is 14.8. The van der Waals surface area contributed by atoms with E-state index in [-0.39, 0.29) is 12.1 Å². The third-order valence-electron chi connectivity index (χ3n) is 4.57. The van der Waals surface area contributed by atoms with Gasteiger partial charge >= 0.3 is 6.03 Å². The molecular weight excluding hydrogens is 342 g/mol. The van der Waals surface area contributed by atoms with Crippen LogP contribution in [0, 0.1) is 13.8 Å². The molecule has 3 aromatic heterocycles. The number of nitrogens with zero attached hydrogens (tertiary/aromatic N) is 5. The summed E-state index contributed by atoms with van der Waals surface area (Å²) >= 11 is 0. The largest absolute Gasteiger partial charge is 0.331 e. The number of aromatic nitrogens is 5. The van der Waals surface area contributed by atoms with Crippen molar-refractivity contribution in [3.8, 4) is 11.4 Å². The van der Waals surface area contributed by atoms with E-state index in [0.29, 0.717) is 11.5 Å². The lowest BCUT2D eigenvalue weighted by Gasteiger charge is -2.15. The highest BCUT2D eigenvalue weighted by molar-refractivity contribution is 5.89. The van der Waals surface area contributed by atoms with Crippen molar-refractivity contribution < 1.29 is 4.79 Å². The third-order valence-corrected chi connectivity index (χ3v) is 4.57. The van der Waals surface area contributed by atoms with Crippen LogP contribution in [0.1, 0.15) is 36.8 Å². The molecule has 0 spiro atoms. The number of carbonyl (C=O) groups excluding carboxylic acids is 1. The second kappa shape index (κ2) is 7.61. The Morgan fingerprint density at radius 3 is 2.63 bits per heavy atom. The lowest BCUT2D eigenvalue weighted by atomic mass is 10.1. The Balaban J connectivity index is 1.71. The fourth-order valence-electron chi connectivity index (χ4n) is 3.29. The van der Waals surface area contributed by atoms with Gasteiger partial charge in [-0.15, -0.1) is 0 Å². The molecule has 2 N–H and O–H groups in total. The summed E-state index contributed by atoms with van der Waals surface area (Å²) < 4.78 is 3.57. The first-order valence-corrected chi connectivity index (χ1v) is 8.97. The number of aryl methyl sites for hydroxylation is 3. The number of urea groups is 1. The Morgan fingerprint density at radius 2 is 2.00 bits per heavy atom. The average molecular weight is 367 g/mol. The molecule has 0 saturated carbocycles. The van der Waals surface area contributed by atoms with E-state index < -0.39 is 0 Å². The minimum Gasteiger partial charge on any atom is -0.331 e. The maximum absolute atomic E-state index is 12.5. The second-order valence-electron chi connectivity index (χ2n) is 6.47. The summed E-state index contributed by atoms with van der Waals surface area (Å²) in [5.41, 5.74) is 4.51. The normalized spacial score (nSPS) is 12.0. The molecule has 0 radical (unpaired) electrons. The van der Waals surface area contributed by atoms with Crippen LogP contribution in [0.15, 0.2) is 30.5 Å². The van der Waals surface area contributed by atoms with Gasteiger partial charge in [0.05, 0.1) is 17.4 Å². The molecule has 3 rings (SSSR count). The zero-order valence-corrected chi connectivity index (χ0v) is 16.3. The lowest BCUT2D eigenvalue weighted by molar-refractivity contribution is 0.249. The minimum absolute atomic E-state index is 0.159. The minimum atomic E-state index is -0.291. The molecule has 0 unspecified atom stereocenters. The van der Waals surface area contributed by atoms with E-state index in [1.54, 1.807) is 24.0 Å². The molecule has 0 saturated heterocycles. The van der Waals surface area contributed by atoms with E-state index >= 15 is 0 Å². The molecule has 0 aliphatic heterocycles. The van der Waals surface area contributed by atoms with E-state index in [1.165, 1.54) is 0 Å². The number of hydrogen-bond donors (Lipinski definition) is 2. The lowest BCUT2D eigenvalue weighted by Crippen LogP contribution is -2.32. The molecule has 2 amide bonds. The van der Waals surface area contributed by atoms with Gasteiger partial charge in [0.25, 0.3) is 0 Å². The Kier molecular flexibility index (Phi) is 5.25. The van der Waals surface area contributed by atoms with Crippen LogP contribution in [0.4, 0.5) is 10.6 Å². The smallest absolute Gasteiger partial charge is 0.320 e. The fourth-order valence-corrected chi connectivity index (χ4v) is 3.29.